The highest BCUT2D eigenvalue weighted by Gasteiger charge is 2.11. The van der Waals surface area contributed by atoms with Crippen molar-refractivity contribution in [1.29, 1.82) is 10.5 Å². The summed E-state index contributed by atoms with van der Waals surface area (Å²) in [5.41, 5.74) is 1.03. The Hall–Kier alpha value is -3.12. The molecule has 1 heterocycles. The molecule has 25 heavy (non-hydrogen) atoms. The maximum atomic E-state index is 12.9. The first-order chi connectivity index (χ1) is 12.1. The summed E-state index contributed by atoms with van der Waals surface area (Å²) in [6, 6.07) is 19.8. The largest absolute Gasteiger partial charge is 0.273 e. The Morgan fingerprint density at radius 3 is 2.28 bits per heavy atom. The molecule has 0 aliphatic rings. The predicted octanol–water partition coefficient (Wildman–Crippen LogP) is 2.58. The number of aromatic nitrogens is 1. The van der Waals surface area contributed by atoms with Crippen molar-refractivity contribution in [2.24, 2.45) is 0 Å². The Morgan fingerprint density at radius 2 is 1.68 bits per heavy atom. The van der Waals surface area contributed by atoms with Crippen LogP contribution >= 0.6 is 22.9 Å². The van der Waals surface area contributed by atoms with Crippen LogP contribution in [0.5, 0.6) is 0 Å². The summed E-state index contributed by atoms with van der Waals surface area (Å²) >= 11 is 7.02. The van der Waals surface area contributed by atoms with Gasteiger partial charge in [0.25, 0.3) is 5.56 Å². The number of hydrogen-bond acceptors (Lipinski definition) is 4. The van der Waals surface area contributed by atoms with Crippen LogP contribution < -0.4 is 14.8 Å². The minimum absolute atomic E-state index is 0.107. The van der Waals surface area contributed by atoms with E-state index >= 15 is 0 Å². The highest BCUT2D eigenvalue weighted by atomic mass is 35.5. The topological polar surface area (TPSA) is 69.6 Å². The average molecular weight is 364 g/mol. The monoisotopic (exact) mass is 363 g/mol. The molecule has 0 amide bonds. The smallest absolute Gasteiger partial charge is 0.267 e. The molecule has 4 nitrogen and oxygen atoms in total. The first-order valence-corrected chi connectivity index (χ1v) is 8.42. The number of nitriles is 2. The maximum absolute atomic E-state index is 12.9. The van der Waals surface area contributed by atoms with Crippen molar-refractivity contribution in [1.82, 2.24) is 4.57 Å². The van der Waals surface area contributed by atoms with Crippen LogP contribution in [0.2, 0.25) is 5.02 Å². The summed E-state index contributed by atoms with van der Waals surface area (Å²) in [5.74, 6) is 0. The van der Waals surface area contributed by atoms with Crippen LogP contribution in [0.25, 0.3) is 17.3 Å². The van der Waals surface area contributed by atoms with Crippen LogP contribution in [0.3, 0.4) is 0 Å². The van der Waals surface area contributed by atoms with Gasteiger partial charge in [0.15, 0.2) is 5.57 Å². The zero-order chi connectivity index (χ0) is 17.8. The zero-order valence-corrected chi connectivity index (χ0v) is 14.4. The Bertz CT molecular complexity index is 1160. The number of halogens is 1. The molecule has 2 aromatic carbocycles. The van der Waals surface area contributed by atoms with E-state index in [1.54, 1.807) is 30.3 Å². The number of rotatable bonds is 2. The van der Waals surface area contributed by atoms with Crippen molar-refractivity contribution >= 4 is 34.6 Å². The molecule has 0 aliphatic carbocycles. The van der Waals surface area contributed by atoms with Crippen molar-refractivity contribution in [3.05, 3.63) is 84.7 Å². The Balaban J connectivity index is 2.39. The lowest BCUT2D eigenvalue weighted by Crippen LogP contribution is -2.30. The molecule has 120 valence electrons. The van der Waals surface area contributed by atoms with Gasteiger partial charge in [0, 0.05) is 5.02 Å². The van der Waals surface area contributed by atoms with Crippen LogP contribution in [0.1, 0.15) is 5.56 Å². The molecule has 0 unspecified atom stereocenters. The Morgan fingerprint density at radius 1 is 1.04 bits per heavy atom. The average Bonchev–Trinajstić information content (AvgIpc) is 2.94. The second kappa shape index (κ2) is 7.19. The van der Waals surface area contributed by atoms with Gasteiger partial charge in [-0.05, 0) is 35.9 Å². The van der Waals surface area contributed by atoms with Crippen molar-refractivity contribution in [2.75, 3.05) is 0 Å². The van der Waals surface area contributed by atoms with Gasteiger partial charge in [0.05, 0.1) is 10.2 Å². The SMILES string of the molecule is N#CC(C#N)=c1s/c(=C/c2ccccc2)c(=O)n1-c1ccc(Cl)cc1. The minimum atomic E-state index is -0.283. The first-order valence-electron chi connectivity index (χ1n) is 7.23. The summed E-state index contributed by atoms with van der Waals surface area (Å²) in [7, 11) is 0. The van der Waals surface area contributed by atoms with Crippen LogP contribution in [0, 0.1) is 22.7 Å². The van der Waals surface area contributed by atoms with Gasteiger partial charge in [0.1, 0.15) is 16.8 Å². The van der Waals surface area contributed by atoms with Crippen LogP contribution in [0.4, 0.5) is 0 Å². The van der Waals surface area contributed by atoms with Crippen LogP contribution in [-0.4, -0.2) is 4.57 Å². The molecule has 0 bridgehead atoms. The van der Waals surface area contributed by atoms with E-state index in [1.165, 1.54) is 4.57 Å². The zero-order valence-electron chi connectivity index (χ0n) is 12.8. The third-order valence-electron chi connectivity index (χ3n) is 3.44. The summed E-state index contributed by atoms with van der Waals surface area (Å²) in [5, 5.41) is 19.0. The van der Waals surface area contributed by atoms with E-state index in [2.05, 4.69) is 0 Å². The molecular formula is C19H10ClN3OS. The van der Waals surface area contributed by atoms with Gasteiger partial charge in [-0.15, -0.1) is 11.3 Å². The molecule has 1 aromatic heterocycles. The molecule has 3 aromatic rings. The highest BCUT2D eigenvalue weighted by Crippen LogP contribution is 2.11. The fraction of sp³-hybridized carbons (Fsp3) is 0. The normalized spacial score (nSPS) is 10.9. The maximum Gasteiger partial charge on any atom is 0.273 e. The van der Waals surface area contributed by atoms with E-state index < -0.39 is 0 Å². The molecule has 0 fully saturated rings. The van der Waals surface area contributed by atoms with Gasteiger partial charge in [-0.3, -0.25) is 9.36 Å². The van der Waals surface area contributed by atoms with Gasteiger partial charge in [-0.2, -0.15) is 10.5 Å². The van der Waals surface area contributed by atoms with Crippen LogP contribution in [-0.2, 0) is 0 Å². The van der Waals surface area contributed by atoms with Gasteiger partial charge >= 0.3 is 0 Å². The molecule has 0 radical (unpaired) electrons. The van der Waals surface area contributed by atoms with Crippen molar-refractivity contribution < 1.29 is 0 Å². The molecule has 0 atom stereocenters. The quantitative estimate of drug-likeness (QED) is 0.702. The lowest BCUT2D eigenvalue weighted by molar-refractivity contribution is 0.988. The van der Waals surface area contributed by atoms with E-state index in [0.29, 0.717) is 19.9 Å². The van der Waals surface area contributed by atoms with E-state index in [4.69, 9.17) is 11.6 Å². The summed E-state index contributed by atoms with van der Waals surface area (Å²) in [4.78, 5) is 12.9. The molecular weight excluding hydrogens is 354 g/mol. The lowest BCUT2D eigenvalue weighted by Gasteiger charge is -2.01. The number of nitrogens with zero attached hydrogens (tertiary/aromatic N) is 3. The minimum Gasteiger partial charge on any atom is -0.267 e. The van der Waals surface area contributed by atoms with Crippen molar-refractivity contribution in [3.8, 4) is 17.8 Å². The highest BCUT2D eigenvalue weighted by molar-refractivity contribution is 7.07. The van der Waals surface area contributed by atoms with Gasteiger partial charge < -0.3 is 0 Å². The summed E-state index contributed by atoms with van der Waals surface area (Å²) in [6.07, 6.45) is 1.75. The molecule has 0 saturated heterocycles. The molecule has 3 rings (SSSR count). The van der Waals surface area contributed by atoms with E-state index in [1.807, 2.05) is 42.5 Å². The molecule has 6 heteroatoms. The third kappa shape index (κ3) is 3.39. The summed E-state index contributed by atoms with van der Waals surface area (Å²) < 4.78 is 2.12. The third-order valence-corrected chi connectivity index (χ3v) is 4.79. The predicted molar refractivity (Wildman–Crippen MR) is 98.8 cm³/mol. The molecule has 0 spiro atoms. The molecule has 0 aliphatic heterocycles. The summed E-state index contributed by atoms with van der Waals surface area (Å²) in [6.45, 7) is 0. The Labute approximate surface area is 152 Å². The van der Waals surface area contributed by atoms with E-state index in [9.17, 15) is 15.3 Å². The first kappa shape index (κ1) is 16.7. The lowest BCUT2D eigenvalue weighted by atomic mass is 10.2. The fourth-order valence-corrected chi connectivity index (χ4v) is 3.48. The number of hydrogen-bond donors (Lipinski definition) is 0. The Kier molecular flexibility index (Phi) is 4.81. The number of thiazole rings is 1. The van der Waals surface area contributed by atoms with Crippen molar-refractivity contribution in [2.45, 2.75) is 0 Å². The van der Waals surface area contributed by atoms with Gasteiger partial charge in [-0.25, -0.2) is 0 Å². The number of benzene rings is 2. The second-order valence-corrected chi connectivity index (χ2v) is 6.51. The van der Waals surface area contributed by atoms with Gasteiger partial charge in [-0.1, -0.05) is 41.9 Å². The van der Waals surface area contributed by atoms with Crippen LogP contribution in [0.15, 0.2) is 59.4 Å². The standard InChI is InChI=1S/C19H10ClN3OS/c20-15-6-8-16(9-7-15)23-18(24)17(10-13-4-2-1-3-5-13)25-19(23)14(11-21)12-22/h1-10H/b17-10+. The van der Waals surface area contributed by atoms with E-state index in [0.717, 1.165) is 16.9 Å². The molecule has 0 N–H and O–H groups in total. The van der Waals surface area contributed by atoms with E-state index in [-0.39, 0.29) is 11.1 Å². The fourth-order valence-electron chi connectivity index (χ4n) is 2.30. The second-order valence-electron chi connectivity index (χ2n) is 5.04. The van der Waals surface area contributed by atoms with Gasteiger partial charge in [0.2, 0.25) is 0 Å². The molecule has 0 saturated carbocycles. The van der Waals surface area contributed by atoms with Crippen molar-refractivity contribution in [3.63, 3.8) is 0 Å².